The van der Waals surface area contributed by atoms with Crippen molar-refractivity contribution in [2.24, 2.45) is 5.92 Å². The third-order valence-electron chi connectivity index (χ3n) is 3.42. The average molecular weight is 270 g/mol. The molecule has 3 nitrogen and oxygen atoms in total. The first kappa shape index (κ1) is 10.9. The fourth-order valence-electron chi connectivity index (χ4n) is 1.96. The molecule has 1 unspecified atom stereocenters. The quantitative estimate of drug-likeness (QED) is 0.791. The lowest BCUT2D eigenvalue weighted by atomic mass is 9.80. The smallest absolute Gasteiger partial charge is 0.133 e. The van der Waals surface area contributed by atoms with Crippen LogP contribution >= 0.6 is 15.9 Å². The number of hydrogen-bond donors (Lipinski definition) is 0. The second-order valence-corrected chi connectivity index (χ2v) is 5.05. The molecular weight excluding hydrogens is 254 g/mol. The molecule has 1 aromatic heterocycles. The first-order valence-corrected chi connectivity index (χ1v) is 6.18. The summed E-state index contributed by atoms with van der Waals surface area (Å²) >= 11 is 3.37. The third-order valence-corrected chi connectivity index (χ3v) is 3.86. The first-order chi connectivity index (χ1) is 7.18. The maximum absolute atomic E-state index is 4.29. The normalized spacial score (nSPS) is 18.3. The Morgan fingerprint density at radius 1 is 1.47 bits per heavy atom. The van der Waals surface area contributed by atoms with Gasteiger partial charge in [-0.05, 0) is 41.6 Å². The van der Waals surface area contributed by atoms with Crippen molar-refractivity contribution in [3.63, 3.8) is 0 Å². The Balaban J connectivity index is 2.08. The highest BCUT2D eigenvalue weighted by molar-refractivity contribution is 9.10. The summed E-state index contributed by atoms with van der Waals surface area (Å²) in [6.07, 6.45) is 5.70. The van der Waals surface area contributed by atoms with Crippen LogP contribution in [0.25, 0.3) is 0 Å². The van der Waals surface area contributed by atoms with Gasteiger partial charge in [0.2, 0.25) is 0 Å². The monoisotopic (exact) mass is 269 g/mol. The van der Waals surface area contributed by atoms with Gasteiger partial charge in [0.25, 0.3) is 0 Å². The predicted octanol–water partition coefficient (Wildman–Crippen LogP) is 2.86. The number of anilines is 1. The van der Waals surface area contributed by atoms with Crippen LogP contribution in [0.1, 0.15) is 26.2 Å². The van der Waals surface area contributed by atoms with E-state index in [0.717, 1.165) is 16.3 Å². The minimum Gasteiger partial charge on any atom is -0.357 e. The van der Waals surface area contributed by atoms with E-state index in [4.69, 9.17) is 0 Å². The summed E-state index contributed by atoms with van der Waals surface area (Å²) in [4.78, 5) is 10.6. The minimum atomic E-state index is 0.570. The molecule has 0 spiro atoms. The highest BCUT2D eigenvalue weighted by Crippen LogP contribution is 2.33. The zero-order chi connectivity index (χ0) is 10.8. The van der Waals surface area contributed by atoms with Crippen molar-refractivity contribution >= 4 is 21.7 Å². The molecule has 1 saturated carbocycles. The van der Waals surface area contributed by atoms with Gasteiger partial charge in [0.05, 0.1) is 0 Å². The first-order valence-electron chi connectivity index (χ1n) is 5.39. The maximum Gasteiger partial charge on any atom is 0.133 e. The van der Waals surface area contributed by atoms with E-state index in [0.29, 0.717) is 6.04 Å². The molecule has 1 aromatic rings. The van der Waals surface area contributed by atoms with E-state index >= 15 is 0 Å². The van der Waals surface area contributed by atoms with Crippen LogP contribution in [0.4, 0.5) is 5.82 Å². The van der Waals surface area contributed by atoms with Crippen LogP contribution in [0, 0.1) is 5.92 Å². The van der Waals surface area contributed by atoms with Crippen molar-refractivity contribution in [1.82, 2.24) is 9.97 Å². The summed E-state index contributed by atoms with van der Waals surface area (Å²) in [5.74, 6) is 1.83. The van der Waals surface area contributed by atoms with Crippen LogP contribution < -0.4 is 4.90 Å². The van der Waals surface area contributed by atoms with Crippen molar-refractivity contribution in [3.8, 4) is 0 Å². The zero-order valence-electron chi connectivity index (χ0n) is 9.15. The van der Waals surface area contributed by atoms with E-state index < -0.39 is 0 Å². The van der Waals surface area contributed by atoms with Gasteiger partial charge in [-0.1, -0.05) is 6.42 Å². The van der Waals surface area contributed by atoms with Crippen molar-refractivity contribution < 1.29 is 0 Å². The lowest BCUT2D eigenvalue weighted by Crippen LogP contribution is -2.39. The van der Waals surface area contributed by atoms with E-state index in [1.807, 2.05) is 6.07 Å². The molecule has 0 saturated heterocycles. The van der Waals surface area contributed by atoms with E-state index in [-0.39, 0.29) is 0 Å². The summed E-state index contributed by atoms with van der Waals surface area (Å²) in [6.45, 7) is 2.28. The summed E-state index contributed by atoms with van der Waals surface area (Å²) < 4.78 is 0.847. The summed E-state index contributed by atoms with van der Waals surface area (Å²) in [6, 6.07) is 2.54. The highest BCUT2D eigenvalue weighted by atomic mass is 79.9. The SMILES string of the molecule is CC(C1CCC1)N(C)c1cc(Br)ncn1. The van der Waals surface area contributed by atoms with Gasteiger partial charge in [-0.3, -0.25) is 0 Å². The van der Waals surface area contributed by atoms with E-state index in [1.54, 1.807) is 6.33 Å². The number of nitrogens with zero attached hydrogens (tertiary/aromatic N) is 3. The van der Waals surface area contributed by atoms with Crippen molar-refractivity contribution in [3.05, 3.63) is 17.0 Å². The second-order valence-electron chi connectivity index (χ2n) is 4.24. The largest absolute Gasteiger partial charge is 0.357 e. The molecule has 1 heterocycles. The van der Waals surface area contributed by atoms with Gasteiger partial charge in [0, 0.05) is 19.2 Å². The Hall–Kier alpha value is -0.640. The molecule has 1 fully saturated rings. The maximum atomic E-state index is 4.29. The molecule has 0 radical (unpaired) electrons. The summed E-state index contributed by atoms with van der Waals surface area (Å²) in [7, 11) is 2.11. The lowest BCUT2D eigenvalue weighted by Gasteiger charge is -2.37. The Labute approximate surface area is 99.0 Å². The van der Waals surface area contributed by atoms with Crippen LogP contribution in [0.5, 0.6) is 0 Å². The Kier molecular flexibility index (Phi) is 3.24. The average Bonchev–Trinajstić information content (AvgIpc) is 2.14. The van der Waals surface area contributed by atoms with E-state index in [1.165, 1.54) is 19.3 Å². The van der Waals surface area contributed by atoms with Gasteiger partial charge in [-0.25, -0.2) is 9.97 Å². The molecule has 4 heteroatoms. The molecule has 0 aliphatic heterocycles. The van der Waals surface area contributed by atoms with Crippen LogP contribution in [0.2, 0.25) is 0 Å². The zero-order valence-corrected chi connectivity index (χ0v) is 10.7. The molecular formula is C11H16BrN3. The Bertz CT molecular complexity index is 338. The van der Waals surface area contributed by atoms with Crippen LogP contribution in [0.15, 0.2) is 17.0 Å². The predicted molar refractivity (Wildman–Crippen MR) is 64.9 cm³/mol. The topological polar surface area (TPSA) is 29.0 Å². The molecule has 1 atom stereocenters. The van der Waals surface area contributed by atoms with E-state index in [9.17, 15) is 0 Å². The van der Waals surface area contributed by atoms with Gasteiger partial charge >= 0.3 is 0 Å². The lowest BCUT2D eigenvalue weighted by molar-refractivity contribution is 0.267. The van der Waals surface area contributed by atoms with Gasteiger partial charge in [0.15, 0.2) is 0 Å². The second kappa shape index (κ2) is 4.47. The molecule has 1 aliphatic carbocycles. The minimum absolute atomic E-state index is 0.570. The number of hydrogen-bond acceptors (Lipinski definition) is 3. The van der Waals surface area contributed by atoms with Gasteiger partial charge in [0.1, 0.15) is 16.7 Å². The molecule has 1 aliphatic rings. The van der Waals surface area contributed by atoms with Crippen LogP contribution in [0.3, 0.4) is 0 Å². The standard InChI is InChI=1S/C11H16BrN3/c1-8(9-4-3-5-9)15(2)11-6-10(12)13-7-14-11/h6-9H,3-5H2,1-2H3. The van der Waals surface area contributed by atoms with Gasteiger partial charge in [-0.2, -0.15) is 0 Å². The van der Waals surface area contributed by atoms with Crippen molar-refractivity contribution in [1.29, 1.82) is 0 Å². The molecule has 0 bridgehead atoms. The summed E-state index contributed by atoms with van der Waals surface area (Å²) in [5, 5.41) is 0. The Morgan fingerprint density at radius 3 is 2.73 bits per heavy atom. The molecule has 82 valence electrons. The van der Waals surface area contributed by atoms with Gasteiger partial charge in [-0.15, -0.1) is 0 Å². The van der Waals surface area contributed by atoms with Crippen LogP contribution in [-0.2, 0) is 0 Å². The van der Waals surface area contributed by atoms with Gasteiger partial charge < -0.3 is 4.90 Å². The van der Waals surface area contributed by atoms with Crippen molar-refractivity contribution in [2.75, 3.05) is 11.9 Å². The highest BCUT2D eigenvalue weighted by Gasteiger charge is 2.27. The molecule has 0 N–H and O–H groups in total. The third kappa shape index (κ3) is 2.30. The van der Waals surface area contributed by atoms with Crippen molar-refractivity contribution in [2.45, 2.75) is 32.2 Å². The fourth-order valence-corrected chi connectivity index (χ4v) is 2.26. The molecule has 2 rings (SSSR count). The van der Waals surface area contributed by atoms with Crippen LogP contribution in [-0.4, -0.2) is 23.1 Å². The summed E-state index contributed by atoms with van der Waals surface area (Å²) in [5.41, 5.74) is 0. The van der Waals surface area contributed by atoms with E-state index in [2.05, 4.69) is 44.8 Å². The number of aromatic nitrogens is 2. The Morgan fingerprint density at radius 2 is 2.20 bits per heavy atom. The number of halogens is 1. The number of rotatable bonds is 3. The molecule has 0 amide bonds. The molecule has 15 heavy (non-hydrogen) atoms. The fraction of sp³-hybridized carbons (Fsp3) is 0.636. The molecule has 0 aromatic carbocycles.